The molecule has 0 spiro atoms. The Morgan fingerprint density at radius 1 is 1.43 bits per heavy atom. The highest BCUT2D eigenvalue weighted by Crippen LogP contribution is 2.31. The number of nitro groups is 1. The summed E-state index contributed by atoms with van der Waals surface area (Å²) in [5.41, 5.74) is 4.68. The first-order valence-corrected chi connectivity index (χ1v) is 6.54. The second kappa shape index (κ2) is 5.87. The van der Waals surface area contributed by atoms with Gasteiger partial charge < -0.3 is 0 Å². The van der Waals surface area contributed by atoms with E-state index >= 15 is 0 Å². The van der Waals surface area contributed by atoms with Crippen LogP contribution in [0.3, 0.4) is 0 Å². The van der Waals surface area contributed by atoms with Crippen LogP contribution >= 0.6 is 15.9 Å². The van der Waals surface area contributed by atoms with Crippen molar-refractivity contribution in [2.45, 2.75) is 13.5 Å². The van der Waals surface area contributed by atoms with Gasteiger partial charge in [0.25, 0.3) is 11.6 Å². The molecule has 2 N–H and O–H groups in total. The second-order valence-corrected chi connectivity index (χ2v) is 4.86. The molecule has 1 aromatic carbocycles. The zero-order valence-corrected chi connectivity index (χ0v) is 12.4. The highest BCUT2D eigenvalue weighted by atomic mass is 79.9. The van der Waals surface area contributed by atoms with E-state index in [1.54, 1.807) is 6.07 Å². The molecule has 0 saturated heterocycles. The lowest BCUT2D eigenvalue weighted by Gasteiger charge is -2.05. The van der Waals surface area contributed by atoms with Crippen LogP contribution in [0, 0.1) is 10.1 Å². The second-order valence-electron chi connectivity index (χ2n) is 4.11. The number of nitrogens with one attached hydrogen (secondary N) is 2. The lowest BCUT2D eigenvalue weighted by molar-refractivity contribution is -0.383. The number of amides is 2. The summed E-state index contributed by atoms with van der Waals surface area (Å²) >= 11 is 3.15. The van der Waals surface area contributed by atoms with Crippen LogP contribution in [0.15, 0.2) is 22.8 Å². The van der Waals surface area contributed by atoms with E-state index in [-0.39, 0.29) is 16.8 Å². The number of nitrogens with zero attached hydrogens (tertiary/aromatic N) is 3. The molecule has 9 nitrogen and oxygen atoms in total. The van der Waals surface area contributed by atoms with Gasteiger partial charge in [-0.25, -0.2) is 0 Å². The summed E-state index contributed by atoms with van der Waals surface area (Å²) < 4.78 is 1.58. The summed E-state index contributed by atoms with van der Waals surface area (Å²) in [6.07, 6.45) is 0. The predicted molar refractivity (Wildman–Crippen MR) is 76.0 cm³/mol. The molecular formula is C11H10BrN5O4. The van der Waals surface area contributed by atoms with Crippen LogP contribution in [0.1, 0.15) is 6.92 Å². The number of fused-ring (bicyclic) bond motifs is 1. The summed E-state index contributed by atoms with van der Waals surface area (Å²) in [6, 6.07) is 4.49. The minimum atomic E-state index is -0.517. The van der Waals surface area contributed by atoms with Crippen molar-refractivity contribution in [2.75, 3.05) is 0 Å². The third-order valence-corrected chi connectivity index (χ3v) is 3.14. The van der Waals surface area contributed by atoms with Crippen molar-refractivity contribution in [1.29, 1.82) is 0 Å². The quantitative estimate of drug-likeness (QED) is 0.625. The molecular weight excluding hydrogens is 346 g/mol. The predicted octanol–water partition coefficient (Wildman–Crippen LogP) is 0.874. The molecule has 1 heterocycles. The first kappa shape index (κ1) is 14.9. The van der Waals surface area contributed by atoms with Crippen LogP contribution in [0.5, 0.6) is 0 Å². The van der Waals surface area contributed by atoms with Crippen LogP contribution in [0.2, 0.25) is 0 Å². The fraction of sp³-hybridized carbons (Fsp3) is 0.182. The Morgan fingerprint density at radius 2 is 2.14 bits per heavy atom. The summed E-state index contributed by atoms with van der Waals surface area (Å²) in [6.45, 7) is 1.06. The minimum Gasteiger partial charge on any atom is -0.274 e. The average molecular weight is 356 g/mol. The van der Waals surface area contributed by atoms with Crippen LogP contribution in [-0.2, 0) is 16.1 Å². The molecule has 0 aliphatic heterocycles. The molecule has 0 radical (unpaired) electrons. The third-order valence-electron chi connectivity index (χ3n) is 2.58. The zero-order chi connectivity index (χ0) is 15.6. The summed E-state index contributed by atoms with van der Waals surface area (Å²) in [5, 5.41) is 15.4. The van der Waals surface area contributed by atoms with E-state index in [2.05, 4.69) is 31.9 Å². The Balaban J connectivity index is 2.34. The number of carbonyl (C=O) groups is 2. The lowest BCUT2D eigenvalue weighted by Crippen LogP contribution is -2.42. The number of non-ortho nitro benzene ring substituents is 1. The van der Waals surface area contributed by atoms with Crippen LogP contribution in [0.4, 0.5) is 5.69 Å². The van der Waals surface area contributed by atoms with E-state index in [9.17, 15) is 19.7 Å². The molecule has 2 amide bonds. The Morgan fingerprint density at radius 3 is 2.76 bits per heavy atom. The first-order chi connectivity index (χ1) is 9.90. The van der Waals surface area contributed by atoms with Crippen molar-refractivity contribution >= 4 is 44.3 Å². The largest absolute Gasteiger partial charge is 0.281 e. The van der Waals surface area contributed by atoms with Crippen molar-refractivity contribution < 1.29 is 14.5 Å². The molecule has 21 heavy (non-hydrogen) atoms. The van der Waals surface area contributed by atoms with Crippen molar-refractivity contribution in [3.05, 3.63) is 32.9 Å². The number of hydrogen-bond donors (Lipinski definition) is 2. The van der Waals surface area contributed by atoms with Crippen LogP contribution < -0.4 is 10.9 Å². The Kier molecular flexibility index (Phi) is 4.17. The van der Waals surface area contributed by atoms with E-state index in [4.69, 9.17) is 0 Å². The van der Waals surface area contributed by atoms with Crippen molar-refractivity contribution in [1.82, 2.24) is 20.6 Å². The smallest absolute Gasteiger partial charge is 0.274 e. The van der Waals surface area contributed by atoms with Gasteiger partial charge in [-0.3, -0.25) is 35.2 Å². The number of nitro benzene ring substituents is 1. The van der Waals surface area contributed by atoms with Gasteiger partial charge in [0, 0.05) is 13.0 Å². The number of carbonyl (C=O) groups excluding carboxylic acids is 2. The molecule has 0 aliphatic carbocycles. The molecule has 2 rings (SSSR count). The van der Waals surface area contributed by atoms with Gasteiger partial charge in [0.2, 0.25) is 5.91 Å². The van der Waals surface area contributed by atoms with Gasteiger partial charge in [-0.2, -0.15) is 5.10 Å². The summed E-state index contributed by atoms with van der Waals surface area (Å²) in [4.78, 5) is 32.8. The molecule has 10 heteroatoms. The fourth-order valence-corrected chi connectivity index (χ4v) is 2.37. The number of aromatic nitrogens is 2. The highest BCUT2D eigenvalue weighted by molar-refractivity contribution is 9.10. The van der Waals surface area contributed by atoms with E-state index < -0.39 is 16.7 Å². The third kappa shape index (κ3) is 3.16. The average Bonchev–Trinajstić information content (AvgIpc) is 2.73. The van der Waals surface area contributed by atoms with Crippen molar-refractivity contribution in [3.63, 3.8) is 0 Å². The van der Waals surface area contributed by atoms with Gasteiger partial charge in [-0.15, -0.1) is 0 Å². The molecule has 0 aliphatic rings. The van der Waals surface area contributed by atoms with E-state index in [0.717, 1.165) is 0 Å². The van der Waals surface area contributed by atoms with Crippen LogP contribution in [0.25, 0.3) is 10.9 Å². The number of hydrogen-bond acceptors (Lipinski definition) is 5. The van der Waals surface area contributed by atoms with Gasteiger partial charge in [0.15, 0.2) is 0 Å². The molecule has 0 atom stereocenters. The van der Waals surface area contributed by atoms with Gasteiger partial charge in [0.1, 0.15) is 16.5 Å². The van der Waals surface area contributed by atoms with E-state index in [1.165, 1.54) is 23.7 Å². The van der Waals surface area contributed by atoms with Gasteiger partial charge in [-0.05, 0) is 22.0 Å². The molecule has 0 fully saturated rings. The first-order valence-electron chi connectivity index (χ1n) is 5.75. The maximum absolute atomic E-state index is 11.7. The monoisotopic (exact) mass is 355 g/mol. The lowest BCUT2D eigenvalue weighted by atomic mass is 10.2. The number of hydrazine groups is 1. The Labute approximate surface area is 126 Å². The molecule has 0 unspecified atom stereocenters. The Bertz CT molecular complexity index is 742. The normalized spacial score (nSPS) is 10.4. The van der Waals surface area contributed by atoms with E-state index in [0.29, 0.717) is 10.9 Å². The summed E-state index contributed by atoms with van der Waals surface area (Å²) in [5.74, 6) is -0.918. The van der Waals surface area contributed by atoms with E-state index in [1.807, 2.05) is 0 Å². The minimum absolute atomic E-state index is 0.104. The summed E-state index contributed by atoms with van der Waals surface area (Å²) in [7, 11) is 0. The number of halogens is 1. The molecule has 1 aromatic heterocycles. The topological polar surface area (TPSA) is 119 Å². The fourth-order valence-electron chi connectivity index (χ4n) is 1.77. The van der Waals surface area contributed by atoms with Crippen LogP contribution in [-0.4, -0.2) is 26.5 Å². The molecule has 2 aromatic rings. The highest BCUT2D eigenvalue weighted by Gasteiger charge is 2.20. The molecule has 0 bridgehead atoms. The maximum Gasteiger partial charge on any atom is 0.281 e. The van der Waals surface area contributed by atoms with Gasteiger partial charge >= 0.3 is 0 Å². The van der Waals surface area contributed by atoms with Gasteiger partial charge in [-0.1, -0.05) is 6.07 Å². The SMILES string of the molecule is CC(=O)NNC(=O)Cn1nc(Br)c2c([N+](=O)[O-])cccc21. The maximum atomic E-state index is 11.7. The Hall–Kier alpha value is -2.49. The molecule has 110 valence electrons. The van der Waals surface area contributed by atoms with Gasteiger partial charge in [0.05, 0.1) is 10.4 Å². The standard InChI is InChI=1S/C11H10BrN5O4/c1-6(18)13-14-9(19)5-16-7-3-2-4-8(17(20)21)10(7)11(12)15-16/h2-4H,5H2,1H3,(H,13,18)(H,14,19). The van der Waals surface area contributed by atoms with Crippen molar-refractivity contribution in [2.24, 2.45) is 0 Å². The number of rotatable bonds is 3. The number of benzene rings is 1. The molecule has 0 saturated carbocycles. The van der Waals surface area contributed by atoms with Crippen molar-refractivity contribution in [3.8, 4) is 0 Å². The zero-order valence-electron chi connectivity index (χ0n) is 10.8.